The van der Waals surface area contributed by atoms with Gasteiger partial charge in [0, 0.05) is 37.6 Å². The van der Waals surface area contributed by atoms with Crippen molar-refractivity contribution in [3.8, 4) is 0 Å². The van der Waals surface area contributed by atoms with E-state index in [9.17, 15) is 4.79 Å². The molecule has 136 valence electrons. The van der Waals surface area contributed by atoms with Crippen molar-refractivity contribution in [3.05, 3.63) is 34.5 Å². The molecule has 2 atom stereocenters. The molecule has 1 aliphatic rings. The van der Waals surface area contributed by atoms with E-state index in [4.69, 9.17) is 9.26 Å². The highest BCUT2D eigenvalue weighted by Crippen LogP contribution is 2.20. The Labute approximate surface area is 147 Å². The van der Waals surface area contributed by atoms with Gasteiger partial charge < -0.3 is 14.6 Å². The van der Waals surface area contributed by atoms with Gasteiger partial charge >= 0.3 is 0 Å². The van der Waals surface area contributed by atoms with E-state index in [-0.39, 0.29) is 17.9 Å². The van der Waals surface area contributed by atoms with E-state index in [1.165, 1.54) is 0 Å². The summed E-state index contributed by atoms with van der Waals surface area (Å²) in [4.78, 5) is 12.4. The fourth-order valence-electron chi connectivity index (χ4n) is 3.43. The molecule has 1 N–H and O–H groups in total. The largest absolute Gasteiger partial charge is 0.379 e. The lowest BCUT2D eigenvalue weighted by molar-refractivity contribution is -0.122. The Kier molecular flexibility index (Phi) is 5.22. The summed E-state index contributed by atoms with van der Waals surface area (Å²) < 4.78 is 12.7. The summed E-state index contributed by atoms with van der Waals surface area (Å²) in [6.07, 6.45) is 1.89. The molecule has 0 radical (unpaired) electrons. The van der Waals surface area contributed by atoms with E-state index < -0.39 is 0 Å². The lowest BCUT2D eigenvalue weighted by Crippen LogP contribution is -2.40. The maximum atomic E-state index is 12.4. The van der Waals surface area contributed by atoms with Crippen LogP contribution in [0.2, 0.25) is 0 Å². The summed E-state index contributed by atoms with van der Waals surface area (Å²) in [6.45, 7) is 7.10. The number of rotatable bonds is 6. The first-order valence-corrected chi connectivity index (χ1v) is 8.72. The van der Waals surface area contributed by atoms with Gasteiger partial charge in [0.25, 0.3) is 0 Å². The summed E-state index contributed by atoms with van der Waals surface area (Å²) in [5.41, 5.74) is 4.15. The molecule has 1 saturated heterocycles. The van der Waals surface area contributed by atoms with E-state index in [0.717, 1.165) is 34.8 Å². The number of carbonyl (C=O) groups is 1. The highest BCUT2D eigenvalue weighted by atomic mass is 16.5. The molecule has 2 aromatic heterocycles. The molecule has 0 spiro atoms. The topological polar surface area (TPSA) is 82.2 Å². The molecule has 3 heterocycles. The molecular weight excluding hydrogens is 320 g/mol. The lowest BCUT2D eigenvalue weighted by atomic mass is 9.97. The zero-order valence-corrected chi connectivity index (χ0v) is 15.3. The Morgan fingerprint density at radius 1 is 1.36 bits per heavy atom. The highest BCUT2D eigenvalue weighted by molar-refractivity contribution is 5.76. The fourth-order valence-corrected chi connectivity index (χ4v) is 3.43. The molecule has 1 fully saturated rings. The van der Waals surface area contributed by atoms with Crippen LogP contribution in [0.15, 0.2) is 10.6 Å². The second-order valence-corrected chi connectivity index (χ2v) is 6.88. The zero-order chi connectivity index (χ0) is 18.0. The Balaban J connectivity index is 1.53. The predicted octanol–water partition coefficient (Wildman–Crippen LogP) is 1.64. The quantitative estimate of drug-likeness (QED) is 0.860. The van der Waals surface area contributed by atoms with Crippen molar-refractivity contribution in [2.24, 2.45) is 13.0 Å². The van der Waals surface area contributed by atoms with Crippen molar-refractivity contribution in [2.45, 2.75) is 46.1 Å². The van der Waals surface area contributed by atoms with Gasteiger partial charge in [0.05, 0.1) is 30.6 Å². The molecule has 0 saturated carbocycles. The van der Waals surface area contributed by atoms with Gasteiger partial charge in [-0.15, -0.1) is 0 Å². The van der Waals surface area contributed by atoms with Gasteiger partial charge in [0.1, 0.15) is 5.76 Å². The van der Waals surface area contributed by atoms with E-state index in [1.807, 2.05) is 38.6 Å². The van der Waals surface area contributed by atoms with Gasteiger partial charge in [-0.1, -0.05) is 5.16 Å². The normalized spacial score (nSPS) is 20.2. The maximum absolute atomic E-state index is 12.4. The third-order valence-electron chi connectivity index (χ3n) is 4.95. The minimum atomic E-state index is 0.0222. The van der Waals surface area contributed by atoms with Crippen LogP contribution in [-0.4, -0.2) is 40.1 Å². The standard InChI is InChI=1S/C18H26N4O3/c1-11-7-15(25-21-11)8-14-9-24-10-17(14)19-18(23)6-5-16-12(2)20-22(4)13(16)3/h7,14,17H,5-6,8-10H2,1-4H3,(H,19,23)/t14-,17+/m1/s1. The predicted molar refractivity (Wildman–Crippen MR) is 92.2 cm³/mol. The second-order valence-electron chi connectivity index (χ2n) is 6.88. The first-order valence-electron chi connectivity index (χ1n) is 8.72. The molecule has 7 nitrogen and oxygen atoms in total. The maximum Gasteiger partial charge on any atom is 0.220 e. The smallest absolute Gasteiger partial charge is 0.220 e. The number of ether oxygens (including phenoxy) is 1. The van der Waals surface area contributed by atoms with Crippen LogP contribution >= 0.6 is 0 Å². The van der Waals surface area contributed by atoms with Crippen LogP contribution in [0, 0.1) is 26.7 Å². The molecule has 25 heavy (non-hydrogen) atoms. The van der Waals surface area contributed by atoms with E-state index in [1.54, 1.807) is 0 Å². The Morgan fingerprint density at radius 3 is 2.80 bits per heavy atom. The van der Waals surface area contributed by atoms with Crippen LogP contribution in [0.3, 0.4) is 0 Å². The van der Waals surface area contributed by atoms with Gasteiger partial charge in [-0.2, -0.15) is 5.10 Å². The molecule has 2 aromatic rings. The highest BCUT2D eigenvalue weighted by Gasteiger charge is 2.30. The fraction of sp³-hybridized carbons (Fsp3) is 0.611. The number of aromatic nitrogens is 3. The van der Waals surface area contributed by atoms with Crippen LogP contribution in [0.5, 0.6) is 0 Å². The van der Waals surface area contributed by atoms with Gasteiger partial charge in [-0.3, -0.25) is 9.48 Å². The minimum Gasteiger partial charge on any atom is -0.379 e. The molecule has 7 heteroatoms. The van der Waals surface area contributed by atoms with Crippen molar-refractivity contribution in [3.63, 3.8) is 0 Å². The van der Waals surface area contributed by atoms with Crippen LogP contribution in [0.4, 0.5) is 0 Å². The van der Waals surface area contributed by atoms with Crippen molar-refractivity contribution in [1.82, 2.24) is 20.3 Å². The average molecular weight is 346 g/mol. The number of aryl methyl sites for hydroxylation is 3. The molecule has 1 aliphatic heterocycles. The third kappa shape index (κ3) is 4.10. The number of amides is 1. The summed E-state index contributed by atoms with van der Waals surface area (Å²) in [7, 11) is 1.93. The number of carbonyl (C=O) groups excluding carboxylic acids is 1. The van der Waals surface area contributed by atoms with Gasteiger partial charge in [-0.25, -0.2) is 0 Å². The molecular formula is C18H26N4O3. The molecule has 0 aromatic carbocycles. The first-order chi connectivity index (χ1) is 11.9. The molecule has 0 bridgehead atoms. The molecule has 3 rings (SSSR count). The van der Waals surface area contributed by atoms with Crippen LogP contribution < -0.4 is 5.32 Å². The minimum absolute atomic E-state index is 0.0222. The number of nitrogens with zero attached hydrogens (tertiary/aromatic N) is 3. The molecule has 0 aliphatic carbocycles. The summed E-state index contributed by atoms with van der Waals surface area (Å²) >= 11 is 0. The van der Waals surface area contributed by atoms with Crippen LogP contribution in [-0.2, 0) is 29.4 Å². The Morgan fingerprint density at radius 2 is 2.16 bits per heavy atom. The monoisotopic (exact) mass is 346 g/mol. The van der Waals surface area contributed by atoms with Crippen molar-refractivity contribution < 1.29 is 14.1 Å². The van der Waals surface area contributed by atoms with Crippen LogP contribution in [0.1, 0.15) is 34.8 Å². The van der Waals surface area contributed by atoms with Crippen molar-refractivity contribution in [2.75, 3.05) is 13.2 Å². The van der Waals surface area contributed by atoms with Gasteiger partial charge in [0.2, 0.25) is 5.91 Å². The average Bonchev–Trinajstić information content (AvgIpc) is 3.22. The summed E-state index contributed by atoms with van der Waals surface area (Å²) in [5, 5.41) is 11.4. The molecule has 0 unspecified atom stereocenters. The van der Waals surface area contributed by atoms with Crippen molar-refractivity contribution >= 4 is 5.91 Å². The van der Waals surface area contributed by atoms with E-state index in [2.05, 4.69) is 15.6 Å². The van der Waals surface area contributed by atoms with E-state index >= 15 is 0 Å². The Bertz CT molecular complexity index is 750. The third-order valence-corrected chi connectivity index (χ3v) is 4.95. The molecule has 1 amide bonds. The zero-order valence-electron chi connectivity index (χ0n) is 15.3. The van der Waals surface area contributed by atoms with Crippen molar-refractivity contribution in [1.29, 1.82) is 0 Å². The second kappa shape index (κ2) is 7.39. The number of hydrogen-bond donors (Lipinski definition) is 1. The lowest BCUT2D eigenvalue weighted by Gasteiger charge is -2.18. The first kappa shape index (κ1) is 17.7. The summed E-state index contributed by atoms with van der Waals surface area (Å²) in [5.74, 6) is 1.11. The number of nitrogens with one attached hydrogen (secondary N) is 1. The van der Waals surface area contributed by atoms with Gasteiger partial charge in [0.15, 0.2) is 0 Å². The Hall–Kier alpha value is -2.15. The SMILES string of the molecule is Cc1cc(C[C@@H]2COC[C@@H]2NC(=O)CCc2c(C)nn(C)c2C)on1. The van der Waals surface area contributed by atoms with Gasteiger partial charge in [-0.05, 0) is 32.8 Å². The summed E-state index contributed by atoms with van der Waals surface area (Å²) in [6, 6.07) is 1.96. The van der Waals surface area contributed by atoms with E-state index in [0.29, 0.717) is 26.1 Å². The van der Waals surface area contributed by atoms with Crippen LogP contribution in [0.25, 0.3) is 0 Å². The number of hydrogen-bond acceptors (Lipinski definition) is 5.